The van der Waals surface area contributed by atoms with Crippen LogP contribution in [-0.4, -0.2) is 0 Å². The van der Waals surface area contributed by atoms with Crippen LogP contribution in [0.1, 0.15) is 128 Å². The minimum atomic E-state index is 0.0303. The molecular weight excluding hydrogens is 753 g/mol. The lowest BCUT2D eigenvalue weighted by atomic mass is 9.68. The van der Waals surface area contributed by atoms with Crippen LogP contribution < -0.4 is 0 Å². The number of fused-ring (bicyclic) bond motifs is 16. The first kappa shape index (κ1) is 37.5. The topological polar surface area (TPSA) is 0 Å². The Kier molecular flexibility index (Phi) is 7.26. The normalized spacial score (nSPS) is 18.6. The molecule has 0 radical (unpaired) electrons. The Morgan fingerprint density at radius 2 is 1.02 bits per heavy atom. The van der Waals surface area contributed by atoms with E-state index in [-0.39, 0.29) is 33.5 Å². The Hall–Kier alpha value is -5.24. The molecule has 61 heavy (non-hydrogen) atoms. The van der Waals surface area contributed by atoms with E-state index in [0.29, 0.717) is 0 Å². The molecule has 0 saturated heterocycles. The predicted molar refractivity (Wildman–Crippen MR) is 265 cm³/mol. The molecule has 2 aromatic rings. The molecule has 0 saturated carbocycles. The number of hydrogen-bond acceptors (Lipinski definition) is 1. The third-order valence-corrected chi connectivity index (χ3v) is 16.3. The van der Waals surface area contributed by atoms with Crippen LogP contribution in [0.5, 0.6) is 0 Å². The molecule has 0 N–H and O–H groups in total. The maximum atomic E-state index is 2.56. The lowest BCUT2D eigenvalue weighted by Gasteiger charge is -2.33. The van der Waals surface area contributed by atoms with E-state index in [1.807, 2.05) is 0 Å². The number of allylic oxidation sites excluding steroid dienone is 8. The summed E-state index contributed by atoms with van der Waals surface area (Å²) < 4.78 is 1.46. The van der Waals surface area contributed by atoms with Crippen molar-refractivity contribution in [3.8, 4) is 43.8 Å². The van der Waals surface area contributed by atoms with Crippen molar-refractivity contribution in [3.05, 3.63) is 159 Å². The van der Waals surface area contributed by atoms with Crippen molar-refractivity contribution in [3.63, 3.8) is 0 Å². The summed E-state index contributed by atoms with van der Waals surface area (Å²) in [6.45, 7) is 28.1. The molecule has 0 fully saturated rings. The average Bonchev–Trinajstić information content (AvgIpc) is 3.78. The van der Waals surface area contributed by atoms with E-state index in [0.717, 1.165) is 0 Å². The number of benzene rings is 1. The Labute approximate surface area is 366 Å². The van der Waals surface area contributed by atoms with E-state index in [4.69, 9.17) is 0 Å². The largest absolute Gasteiger partial charge is 0.134 e. The van der Waals surface area contributed by atoms with Gasteiger partial charge in [-0.1, -0.05) is 180 Å². The lowest BCUT2D eigenvalue weighted by molar-refractivity contribution is 0.517. The zero-order chi connectivity index (χ0) is 42.4. The molecule has 10 aliphatic carbocycles. The van der Waals surface area contributed by atoms with E-state index in [2.05, 4.69) is 204 Å². The zero-order valence-corrected chi connectivity index (χ0v) is 38.8. The fourth-order valence-corrected chi connectivity index (χ4v) is 13.2. The Morgan fingerprint density at radius 1 is 0.443 bits per heavy atom. The van der Waals surface area contributed by atoms with E-state index in [9.17, 15) is 0 Å². The van der Waals surface area contributed by atoms with Crippen LogP contribution in [0.2, 0.25) is 0 Å². The molecule has 1 aromatic heterocycles. The van der Waals surface area contributed by atoms with Crippen LogP contribution in [0.3, 0.4) is 0 Å². The molecule has 302 valence electrons. The summed E-state index contributed by atoms with van der Waals surface area (Å²) in [7, 11) is 0. The summed E-state index contributed by atoms with van der Waals surface area (Å²) >= 11 is 2.08. The first-order valence-corrected chi connectivity index (χ1v) is 23.4. The van der Waals surface area contributed by atoms with Gasteiger partial charge in [-0.3, -0.25) is 0 Å². The van der Waals surface area contributed by atoms with Crippen molar-refractivity contribution >= 4 is 48.5 Å². The molecule has 0 amide bonds. The maximum absolute atomic E-state index is 2.56. The van der Waals surface area contributed by atoms with Crippen LogP contribution in [0, 0.1) is 5.41 Å². The second kappa shape index (κ2) is 11.8. The molecule has 0 spiro atoms. The molecule has 1 heterocycles. The van der Waals surface area contributed by atoms with Crippen LogP contribution in [-0.2, 0) is 16.2 Å². The van der Waals surface area contributed by atoms with Crippen LogP contribution in [0.25, 0.3) is 81.0 Å². The van der Waals surface area contributed by atoms with Crippen molar-refractivity contribution in [1.82, 2.24) is 0 Å². The van der Waals surface area contributed by atoms with Gasteiger partial charge < -0.3 is 0 Å². The highest BCUT2D eigenvalue weighted by Crippen LogP contribution is 2.72. The second-order valence-electron chi connectivity index (χ2n) is 22.9. The standard InChI is InChI=1S/C60H56S/c1-57(2,3)33-15-13-31-29-43-45(37(31)23-17-33)47-39-25-19-35(59(7,8)9)21-27-41(39)49-50-42-28-22-36(60(10,11)12)20-26-40(42)48-46-38-24-18-34(58(4,5)6)16-14-32(38)30-44(46)56-54(52(48)50)53(51(47)49)55(43)61-56/h13-30,47,51H,1-12H3. The number of hydrogen-bond donors (Lipinski definition) is 0. The highest BCUT2D eigenvalue weighted by atomic mass is 32.1. The van der Waals surface area contributed by atoms with Gasteiger partial charge >= 0.3 is 0 Å². The fraction of sp³-hybridized carbons (Fsp3) is 0.300. The van der Waals surface area contributed by atoms with Crippen LogP contribution in [0.15, 0.2) is 126 Å². The minimum Gasteiger partial charge on any atom is -0.134 e. The monoisotopic (exact) mass is 808 g/mol. The summed E-state index contributed by atoms with van der Waals surface area (Å²) in [4.78, 5) is 1.49. The fourth-order valence-electron chi connectivity index (χ4n) is 11.8. The third-order valence-electron chi connectivity index (χ3n) is 15.0. The first-order valence-electron chi connectivity index (χ1n) is 22.6. The van der Waals surface area contributed by atoms with Gasteiger partial charge in [-0.15, -0.1) is 11.3 Å². The highest BCUT2D eigenvalue weighted by Gasteiger charge is 2.52. The van der Waals surface area contributed by atoms with E-state index >= 15 is 0 Å². The Morgan fingerprint density at radius 3 is 1.64 bits per heavy atom. The first-order chi connectivity index (χ1) is 28.8. The average molecular weight is 809 g/mol. The summed E-state index contributed by atoms with van der Waals surface area (Å²) in [6.07, 6.45) is 9.96. The molecule has 2 unspecified atom stereocenters. The van der Waals surface area contributed by atoms with Crippen molar-refractivity contribution in [2.45, 2.75) is 111 Å². The number of rotatable bonds is 0. The van der Waals surface area contributed by atoms with Gasteiger partial charge in [-0.25, -0.2) is 0 Å². The summed E-state index contributed by atoms with van der Waals surface area (Å²) in [6, 6.07) is 34.3. The minimum absolute atomic E-state index is 0.0303. The maximum Gasteiger partial charge on any atom is 0.0438 e. The van der Waals surface area contributed by atoms with Gasteiger partial charge in [0.25, 0.3) is 0 Å². The summed E-state index contributed by atoms with van der Waals surface area (Å²) in [5, 5.41) is 7.27. The molecule has 0 aliphatic heterocycles. The van der Waals surface area contributed by atoms with E-state index < -0.39 is 0 Å². The van der Waals surface area contributed by atoms with Gasteiger partial charge in [0.2, 0.25) is 0 Å². The van der Waals surface area contributed by atoms with Crippen molar-refractivity contribution in [1.29, 1.82) is 0 Å². The Balaban J connectivity index is 1.30. The lowest BCUT2D eigenvalue weighted by Crippen LogP contribution is -2.16. The van der Waals surface area contributed by atoms with Crippen molar-refractivity contribution in [2.75, 3.05) is 0 Å². The quantitative estimate of drug-likeness (QED) is 0.143. The van der Waals surface area contributed by atoms with Crippen molar-refractivity contribution < 1.29 is 0 Å². The third kappa shape index (κ3) is 4.99. The molecule has 1 aromatic carbocycles. The van der Waals surface area contributed by atoms with Gasteiger partial charge in [-0.2, -0.15) is 0 Å². The predicted octanol–water partition coefficient (Wildman–Crippen LogP) is 17.5. The van der Waals surface area contributed by atoms with Gasteiger partial charge in [0.05, 0.1) is 0 Å². The summed E-state index contributed by atoms with van der Waals surface area (Å²) in [5.74, 6) is 0.469. The zero-order valence-electron chi connectivity index (χ0n) is 38.0. The Bertz CT molecular complexity index is 3310. The molecular formula is C60H56S. The van der Waals surface area contributed by atoms with Crippen LogP contribution >= 0.6 is 11.3 Å². The van der Waals surface area contributed by atoms with Crippen molar-refractivity contribution in [2.24, 2.45) is 5.41 Å². The van der Waals surface area contributed by atoms with Gasteiger partial charge in [0, 0.05) is 37.6 Å². The molecule has 0 nitrogen and oxygen atoms in total. The van der Waals surface area contributed by atoms with Gasteiger partial charge in [0.1, 0.15) is 0 Å². The molecule has 0 bridgehead atoms. The second-order valence-corrected chi connectivity index (χ2v) is 23.9. The molecule has 2 atom stereocenters. The highest BCUT2D eigenvalue weighted by molar-refractivity contribution is 7.23. The van der Waals surface area contributed by atoms with E-state index in [1.54, 1.807) is 11.1 Å². The molecule has 10 aliphatic rings. The summed E-state index contributed by atoms with van der Waals surface area (Å²) in [5.41, 5.74) is 24.4. The van der Waals surface area contributed by atoms with Crippen LogP contribution in [0.4, 0.5) is 0 Å². The molecule has 1 heteroatoms. The van der Waals surface area contributed by atoms with Gasteiger partial charge in [0.15, 0.2) is 0 Å². The SMILES string of the molecule is CC(C)(C)C1=CC=C2C(=C3c4c5ccc(C(C)(C)C)ccc-5c5c6c7ccc(C(C)(C)C)ccc-7cc6c6sc7c(c6c45)C3C2c2c3ccc(C(C)(C)C)ccc-3cc2-7)C=C1. The van der Waals surface area contributed by atoms with E-state index in [1.165, 1.54) is 120 Å². The molecule has 12 rings (SSSR count). The number of thiophene rings is 1. The smallest absolute Gasteiger partial charge is 0.0438 e. The van der Waals surface area contributed by atoms with Gasteiger partial charge in [-0.05, 0) is 139 Å².